The number of carbonyl (C=O) groups is 2. The Morgan fingerprint density at radius 1 is 1.24 bits per heavy atom. The van der Waals surface area contributed by atoms with Crippen molar-refractivity contribution in [2.24, 2.45) is 0 Å². The summed E-state index contributed by atoms with van der Waals surface area (Å²) in [5.74, 6) is 0.108. The predicted octanol–water partition coefficient (Wildman–Crippen LogP) is 3.20. The highest BCUT2D eigenvalue weighted by Crippen LogP contribution is 2.41. The molecule has 1 aromatic heterocycles. The number of esters is 1. The largest absolute Gasteiger partial charge is 0.497 e. The number of benzene rings is 1. The van der Waals surface area contributed by atoms with Crippen LogP contribution < -0.4 is 10.1 Å². The molecule has 25 heavy (non-hydrogen) atoms. The molecule has 2 aromatic rings. The van der Waals surface area contributed by atoms with Gasteiger partial charge in [-0.3, -0.25) is 4.79 Å². The van der Waals surface area contributed by atoms with Crippen LogP contribution in [0, 0.1) is 0 Å². The fourth-order valence-corrected chi connectivity index (χ4v) is 4.08. The molecule has 0 unspecified atom stereocenters. The number of hydrogen-bond acceptors (Lipinski definition) is 5. The molecule has 1 N–H and O–H groups in total. The molecular formula is C19H21NO4S. The zero-order valence-corrected chi connectivity index (χ0v) is 15.4. The van der Waals surface area contributed by atoms with Crippen molar-refractivity contribution in [2.45, 2.75) is 32.8 Å². The lowest BCUT2D eigenvalue weighted by Crippen LogP contribution is -2.35. The van der Waals surface area contributed by atoms with E-state index in [-0.39, 0.29) is 5.91 Å². The highest BCUT2D eigenvalue weighted by atomic mass is 32.1. The monoisotopic (exact) mass is 359 g/mol. The van der Waals surface area contributed by atoms with Crippen LogP contribution in [0.3, 0.4) is 0 Å². The van der Waals surface area contributed by atoms with E-state index in [2.05, 4.69) is 5.32 Å². The molecular weight excluding hydrogens is 338 g/mol. The predicted molar refractivity (Wildman–Crippen MR) is 97.3 cm³/mol. The van der Waals surface area contributed by atoms with E-state index in [1.54, 1.807) is 14.0 Å². The summed E-state index contributed by atoms with van der Waals surface area (Å²) in [6, 6.07) is 7.91. The van der Waals surface area contributed by atoms with Crippen LogP contribution in [0.15, 0.2) is 24.3 Å². The molecule has 0 bridgehead atoms. The molecule has 3 rings (SSSR count). The SMILES string of the molecule is CCNC(=O)[C@H](C)OC(=O)c1cc2c(s1)-c1ccc(OC)cc1CC2. The summed E-state index contributed by atoms with van der Waals surface area (Å²) >= 11 is 1.42. The van der Waals surface area contributed by atoms with Crippen molar-refractivity contribution in [3.05, 3.63) is 40.3 Å². The molecule has 132 valence electrons. The molecule has 0 spiro atoms. The Morgan fingerprint density at radius 3 is 2.72 bits per heavy atom. The third-order valence-electron chi connectivity index (χ3n) is 4.23. The molecule has 0 saturated heterocycles. The average molecular weight is 359 g/mol. The maximum Gasteiger partial charge on any atom is 0.349 e. The van der Waals surface area contributed by atoms with Crippen molar-refractivity contribution in [3.63, 3.8) is 0 Å². The zero-order valence-electron chi connectivity index (χ0n) is 14.5. The van der Waals surface area contributed by atoms with Gasteiger partial charge in [0.25, 0.3) is 5.91 Å². The Kier molecular flexibility index (Phi) is 5.08. The molecule has 6 heteroatoms. The topological polar surface area (TPSA) is 64.6 Å². The Labute approximate surface area is 151 Å². The lowest BCUT2D eigenvalue weighted by atomic mass is 9.91. The standard InChI is InChI=1S/C19H21NO4S/c1-4-20-18(21)11(2)24-19(22)16-10-13-6-5-12-9-14(23-3)7-8-15(12)17(13)25-16/h7-11H,4-6H2,1-3H3,(H,20,21)/t11-/m0/s1. The first-order valence-corrected chi connectivity index (χ1v) is 9.13. The van der Waals surface area contributed by atoms with Gasteiger partial charge in [0.15, 0.2) is 6.10 Å². The third kappa shape index (κ3) is 3.54. The van der Waals surface area contributed by atoms with Crippen LogP contribution in [0.1, 0.15) is 34.6 Å². The van der Waals surface area contributed by atoms with Gasteiger partial charge in [-0.15, -0.1) is 11.3 Å². The number of hydrogen-bond donors (Lipinski definition) is 1. The number of ether oxygens (including phenoxy) is 2. The Balaban J connectivity index is 1.81. The summed E-state index contributed by atoms with van der Waals surface area (Å²) in [5, 5.41) is 2.65. The second-order valence-electron chi connectivity index (χ2n) is 5.93. The molecule has 1 aromatic carbocycles. The number of fused-ring (bicyclic) bond motifs is 3. The molecule has 5 nitrogen and oxygen atoms in total. The van der Waals surface area contributed by atoms with Crippen LogP contribution in [0.2, 0.25) is 0 Å². The van der Waals surface area contributed by atoms with Crippen molar-refractivity contribution >= 4 is 23.2 Å². The third-order valence-corrected chi connectivity index (χ3v) is 5.43. The van der Waals surface area contributed by atoms with Crippen LogP contribution in [0.5, 0.6) is 5.75 Å². The van der Waals surface area contributed by atoms with E-state index < -0.39 is 12.1 Å². The highest BCUT2D eigenvalue weighted by Gasteiger charge is 2.24. The summed E-state index contributed by atoms with van der Waals surface area (Å²) in [6.07, 6.45) is 0.994. The van der Waals surface area contributed by atoms with Crippen LogP contribution in [-0.4, -0.2) is 31.6 Å². The second kappa shape index (κ2) is 7.27. The Morgan fingerprint density at radius 2 is 2.00 bits per heavy atom. The summed E-state index contributed by atoms with van der Waals surface area (Å²) in [7, 11) is 1.66. The van der Waals surface area contributed by atoms with E-state index in [0.717, 1.165) is 34.6 Å². The van der Waals surface area contributed by atoms with Gasteiger partial charge in [0, 0.05) is 11.4 Å². The normalized spacial score (nSPS) is 13.4. The number of likely N-dealkylation sites (N-methyl/N-ethyl adjacent to an activating group) is 1. The minimum atomic E-state index is -0.803. The molecule has 1 amide bonds. The van der Waals surface area contributed by atoms with Crippen molar-refractivity contribution in [3.8, 4) is 16.2 Å². The number of amides is 1. The minimum absolute atomic E-state index is 0.283. The van der Waals surface area contributed by atoms with Crippen molar-refractivity contribution in [2.75, 3.05) is 13.7 Å². The molecule has 1 heterocycles. The summed E-state index contributed by atoms with van der Waals surface area (Å²) in [4.78, 5) is 25.7. The molecule has 1 atom stereocenters. The maximum atomic E-state index is 12.4. The van der Waals surface area contributed by atoms with Gasteiger partial charge in [-0.2, -0.15) is 0 Å². The molecule has 0 fully saturated rings. The molecule has 1 aliphatic carbocycles. The van der Waals surface area contributed by atoms with Gasteiger partial charge >= 0.3 is 5.97 Å². The van der Waals surface area contributed by atoms with Gasteiger partial charge in [0.1, 0.15) is 10.6 Å². The summed E-state index contributed by atoms with van der Waals surface area (Å²) in [5.41, 5.74) is 3.52. The highest BCUT2D eigenvalue weighted by molar-refractivity contribution is 7.17. The van der Waals surface area contributed by atoms with E-state index in [9.17, 15) is 9.59 Å². The molecule has 1 aliphatic rings. The van der Waals surface area contributed by atoms with Gasteiger partial charge in [-0.05, 0) is 67.6 Å². The van der Waals surface area contributed by atoms with Gasteiger partial charge in [0.2, 0.25) is 0 Å². The molecule has 0 radical (unpaired) electrons. The first-order chi connectivity index (χ1) is 12.0. The number of carbonyl (C=O) groups excluding carboxylic acids is 2. The Bertz CT molecular complexity index is 812. The number of methoxy groups -OCH3 is 1. The lowest BCUT2D eigenvalue weighted by Gasteiger charge is -2.16. The molecule has 0 saturated carbocycles. The first-order valence-electron chi connectivity index (χ1n) is 8.32. The minimum Gasteiger partial charge on any atom is -0.497 e. The molecule has 0 aliphatic heterocycles. The van der Waals surface area contributed by atoms with Crippen LogP contribution >= 0.6 is 11.3 Å². The second-order valence-corrected chi connectivity index (χ2v) is 6.98. The fraction of sp³-hybridized carbons (Fsp3) is 0.368. The Hall–Kier alpha value is -2.34. The van der Waals surface area contributed by atoms with Gasteiger partial charge in [-0.1, -0.05) is 0 Å². The number of aryl methyl sites for hydroxylation is 2. The lowest BCUT2D eigenvalue weighted by molar-refractivity contribution is -0.128. The first kappa shape index (κ1) is 17.5. The van der Waals surface area contributed by atoms with Gasteiger partial charge in [-0.25, -0.2) is 4.79 Å². The van der Waals surface area contributed by atoms with Crippen molar-refractivity contribution < 1.29 is 19.1 Å². The van der Waals surface area contributed by atoms with E-state index in [1.807, 2.05) is 31.2 Å². The van der Waals surface area contributed by atoms with E-state index in [1.165, 1.54) is 16.9 Å². The van der Waals surface area contributed by atoms with Crippen LogP contribution in [0.4, 0.5) is 0 Å². The van der Waals surface area contributed by atoms with Crippen molar-refractivity contribution in [1.82, 2.24) is 5.32 Å². The van der Waals surface area contributed by atoms with Crippen LogP contribution in [0.25, 0.3) is 10.4 Å². The average Bonchev–Trinajstić information content (AvgIpc) is 3.06. The van der Waals surface area contributed by atoms with Crippen LogP contribution in [-0.2, 0) is 22.4 Å². The summed E-state index contributed by atoms with van der Waals surface area (Å²) in [6.45, 7) is 3.92. The summed E-state index contributed by atoms with van der Waals surface area (Å²) < 4.78 is 10.6. The zero-order chi connectivity index (χ0) is 18.0. The van der Waals surface area contributed by atoms with Gasteiger partial charge < -0.3 is 14.8 Å². The quantitative estimate of drug-likeness (QED) is 0.833. The number of nitrogens with one attached hydrogen (secondary N) is 1. The van der Waals surface area contributed by atoms with E-state index in [4.69, 9.17) is 9.47 Å². The number of thiophene rings is 1. The fourth-order valence-electron chi connectivity index (χ4n) is 2.93. The van der Waals surface area contributed by atoms with Gasteiger partial charge in [0.05, 0.1) is 7.11 Å². The van der Waals surface area contributed by atoms with Crippen molar-refractivity contribution in [1.29, 1.82) is 0 Å². The smallest absolute Gasteiger partial charge is 0.349 e. The van der Waals surface area contributed by atoms with E-state index in [0.29, 0.717) is 11.4 Å². The van der Waals surface area contributed by atoms with E-state index >= 15 is 0 Å². The maximum absolute atomic E-state index is 12.4. The number of rotatable bonds is 5.